The van der Waals surface area contributed by atoms with Crippen LogP contribution in [0.3, 0.4) is 0 Å². The molecule has 0 saturated heterocycles. The summed E-state index contributed by atoms with van der Waals surface area (Å²) in [7, 11) is 2.18. The highest BCUT2D eigenvalue weighted by molar-refractivity contribution is 5.92. The molecule has 23 heavy (non-hydrogen) atoms. The highest BCUT2D eigenvalue weighted by atomic mass is 16.5. The zero-order valence-electron chi connectivity index (χ0n) is 14.6. The molecule has 128 valence electrons. The van der Waals surface area contributed by atoms with Crippen LogP contribution in [0.25, 0.3) is 0 Å². The Balaban J connectivity index is 1.75. The van der Waals surface area contributed by atoms with E-state index >= 15 is 0 Å². The predicted molar refractivity (Wildman–Crippen MR) is 97.2 cm³/mol. The molecule has 0 radical (unpaired) electrons. The van der Waals surface area contributed by atoms with Gasteiger partial charge in [0.05, 0.1) is 12.6 Å². The predicted octanol–water partition coefficient (Wildman–Crippen LogP) is 3.07. The molecule has 3 N–H and O–H groups in total. The fourth-order valence-corrected chi connectivity index (χ4v) is 2.93. The Morgan fingerprint density at radius 1 is 1.30 bits per heavy atom. The number of nitrogens with two attached hydrogens (primary N) is 1. The normalized spacial score (nSPS) is 16.3. The zero-order valence-corrected chi connectivity index (χ0v) is 14.6. The van der Waals surface area contributed by atoms with Crippen molar-refractivity contribution in [3.63, 3.8) is 0 Å². The topological polar surface area (TPSA) is 62.9 Å². The lowest BCUT2D eigenvalue weighted by atomic mass is 10.2. The molecule has 1 aromatic rings. The van der Waals surface area contributed by atoms with E-state index in [9.17, 15) is 0 Å². The van der Waals surface area contributed by atoms with Crippen LogP contribution in [0.2, 0.25) is 0 Å². The Kier molecular flexibility index (Phi) is 6.71. The Bertz CT molecular complexity index is 492. The van der Waals surface area contributed by atoms with Crippen molar-refractivity contribution in [3.05, 3.63) is 24.3 Å². The van der Waals surface area contributed by atoms with Gasteiger partial charge in [-0.05, 0) is 58.0 Å². The Morgan fingerprint density at radius 2 is 1.96 bits per heavy atom. The number of nitrogens with zero attached hydrogens (tertiary/aromatic N) is 2. The van der Waals surface area contributed by atoms with Crippen LogP contribution in [-0.4, -0.2) is 43.1 Å². The van der Waals surface area contributed by atoms with Gasteiger partial charge in [-0.2, -0.15) is 0 Å². The minimum absolute atomic E-state index is 0.178. The molecule has 0 unspecified atom stereocenters. The first kappa shape index (κ1) is 17.6. The van der Waals surface area contributed by atoms with Gasteiger partial charge < -0.3 is 20.7 Å². The molecule has 0 aliphatic heterocycles. The van der Waals surface area contributed by atoms with Crippen LogP contribution in [-0.2, 0) is 0 Å². The molecular weight excluding hydrogens is 288 g/mol. The van der Waals surface area contributed by atoms with E-state index in [4.69, 9.17) is 10.5 Å². The van der Waals surface area contributed by atoms with Crippen molar-refractivity contribution in [1.29, 1.82) is 0 Å². The minimum atomic E-state index is 0.178. The summed E-state index contributed by atoms with van der Waals surface area (Å²) in [6.07, 6.45) is 5.53. The second kappa shape index (κ2) is 8.77. The molecule has 1 aliphatic rings. The molecule has 1 saturated carbocycles. The fraction of sp³-hybridized carbons (Fsp3) is 0.611. The second-order valence-electron chi connectivity index (χ2n) is 6.50. The molecule has 5 nitrogen and oxygen atoms in total. The van der Waals surface area contributed by atoms with Crippen molar-refractivity contribution in [3.8, 4) is 5.75 Å². The standard InChI is InChI=1S/C18H30N4O/c1-14(2)23-17-10-8-15(9-11-17)21-18(19)20-12-13-22(3)16-6-4-5-7-16/h8-11,14,16H,4-7,12-13H2,1-3H3,(H3,19,20,21). The third-order valence-corrected chi connectivity index (χ3v) is 4.18. The van der Waals surface area contributed by atoms with Gasteiger partial charge >= 0.3 is 0 Å². The average Bonchev–Trinajstić information content (AvgIpc) is 3.03. The first-order chi connectivity index (χ1) is 11.0. The van der Waals surface area contributed by atoms with Gasteiger partial charge in [-0.15, -0.1) is 0 Å². The van der Waals surface area contributed by atoms with Gasteiger partial charge in [0.1, 0.15) is 5.75 Å². The molecule has 1 aromatic carbocycles. The van der Waals surface area contributed by atoms with E-state index in [0.29, 0.717) is 5.96 Å². The van der Waals surface area contributed by atoms with Gasteiger partial charge in [0.25, 0.3) is 0 Å². The van der Waals surface area contributed by atoms with Crippen LogP contribution >= 0.6 is 0 Å². The first-order valence-corrected chi connectivity index (χ1v) is 8.58. The molecule has 5 heteroatoms. The van der Waals surface area contributed by atoms with Gasteiger partial charge in [0.15, 0.2) is 5.96 Å². The Morgan fingerprint density at radius 3 is 2.57 bits per heavy atom. The monoisotopic (exact) mass is 318 g/mol. The SMILES string of the molecule is CC(C)Oc1ccc(NC(N)=NCCN(C)C2CCCC2)cc1. The lowest BCUT2D eigenvalue weighted by molar-refractivity contribution is 0.242. The number of hydrogen-bond acceptors (Lipinski definition) is 3. The number of ether oxygens (including phenoxy) is 1. The molecule has 0 heterocycles. The first-order valence-electron chi connectivity index (χ1n) is 8.58. The molecule has 2 rings (SSSR count). The number of anilines is 1. The minimum Gasteiger partial charge on any atom is -0.491 e. The van der Waals surface area contributed by atoms with E-state index in [1.807, 2.05) is 38.1 Å². The van der Waals surface area contributed by atoms with Crippen LogP contribution in [0.15, 0.2) is 29.3 Å². The number of hydrogen-bond donors (Lipinski definition) is 2. The molecule has 1 aliphatic carbocycles. The quantitative estimate of drug-likeness (QED) is 0.599. The van der Waals surface area contributed by atoms with Crippen molar-refractivity contribution in [2.75, 3.05) is 25.5 Å². The van der Waals surface area contributed by atoms with E-state index in [-0.39, 0.29) is 6.10 Å². The van der Waals surface area contributed by atoms with E-state index in [1.54, 1.807) is 0 Å². The van der Waals surface area contributed by atoms with Crippen LogP contribution in [0, 0.1) is 0 Å². The number of likely N-dealkylation sites (N-methyl/N-ethyl adjacent to an activating group) is 1. The summed E-state index contributed by atoms with van der Waals surface area (Å²) in [6, 6.07) is 8.50. The van der Waals surface area contributed by atoms with Gasteiger partial charge in [-0.25, -0.2) is 0 Å². The van der Waals surface area contributed by atoms with Crippen LogP contribution in [0.4, 0.5) is 5.69 Å². The summed E-state index contributed by atoms with van der Waals surface area (Å²) in [5, 5.41) is 3.12. The zero-order chi connectivity index (χ0) is 16.7. The lowest BCUT2D eigenvalue weighted by Crippen LogP contribution is -2.32. The third kappa shape index (κ3) is 6.10. The van der Waals surface area contributed by atoms with E-state index in [1.165, 1.54) is 25.7 Å². The number of benzene rings is 1. The van der Waals surface area contributed by atoms with Crippen LogP contribution < -0.4 is 15.8 Å². The fourth-order valence-electron chi connectivity index (χ4n) is 2.93. The summed E-state index contributed by atoms with van der Waals surface area (Å²) < 4.78 is 5.62. The van der Waals surface area contributed by atoms with Gasteiger partial charge in [-0.3, -0.25) is 4.99 Å². The summed E-state index contributed by atoms with van der Waals surface area (Å²) in [5.74, 6) is 1.32. The van der Waals surface area contributed by atoms with Gasteiger partial charge in [0, 0.05) is 18.3 Å². The molecule has 0 bridgehead atoms. The van der Waals surface area contributed by atoms with E-state index in [0.717, 1.165) is 30.6 Å². The summed E-state index contributed by atoms with van der Waals surface area (Å²) >= 11 is 0. The lowest BCUT2D eigenvalue weighted by Gasteiger charge is -2.22. The van der Waals surface area contributed by atoms with Crippen molar-refractivity contribution < 1.29 is 4.74 Å². The summed E-state index contributed by atoms with van der Waals surface area (Å²) in [5.41, 5.74) is 6.88. The molecule has 0 amide bonds. The summed E-state index contributed by atoms with van der Waals surface area (Å²) in [4.78, 5) is 6.82. The van der Waals surface area contributed by atoms with Crippen LogP contribution in [0.5, 0.6) is 5.75 Å². The average molecular weight is 318 g/mol. The summed E-state index contributed by atoms with van der Waals surface area (Å²) in [6.45, 7) is 5.70. The maximum atomic E-state index is 5.95. The smallest absolute Gasteiger partial charge is 0.193 e. The van der Waals surface area contributed by atoms with Crippen molar-refractivity contribution >= 4 is 11.6 Å². The number of guanidine groups is 1. The molecule has 0 atom stereocenters. The second-order valence-corrected chi connectivity index (χ2v) is 6.50. The van der Waals surface area contributed by atoms with Gasteiger partial charge in [0.2, 0.25) is 0 Å². The molecule has 0 aromatic heterocycles. The van der Waals surface area contributed by atoms with Crippen molar-refractivity contribution in [2.45, 2.75) is 51.7 Å². The highest BCUT2D eigenvalue weighted by Gasteiger charge is 2.18. The Labute approximate surface area is 139 Å². The van der Waals surface area contributed by atoms with Gasteiger partial charge in [-0.1, -0.05) is 12.8 Å². The largest absolute Gasteiger partial charge is 0.491 e. The molecule has 0 spiro atoms. The van der Waals surface area contributed by atoms with E-state index < -0.39 is 0 Å². The maximum absolute atomic E-state index is 5.95. The third-order valence-electron chi connectivity index (χ3n) is 4.18. The number of nitrogens with one attached hydrogen (secondary N) is 1. The highest BCUT2D eigenvalue weighted by Crippen LogP contribution is 2.22. The maximum Gasteiger partial charge on any atom is 0.193 e. The molecular formula is C18H30N4O. The van der Waals surface area contributed by atoms with Crippen LogP contribution in [0.1, 0.15) is 39.5 Å². The molecule has 1 fully saturated rings. The Hall–Kier alpha value is -1.75. The number of rotatable bonds is 7. The van der Waals surface area contributed by atoms with Crippen molar-refractivity contribution in [2.24, 2.45) is 10.7 Å². The number of aliphatic imine (C=N–C) groups is 1. The van der Waals surface area contributed by atoms with E-state index in [2.05, 4.69) is 22.3 Å². The van der Waals surface area contributed by atoms with Crippen molar-refractivity contribution in [1.82, 2.24) is 4.90 Å².